The third-order valence-corrected chi connectivity index (χ3v) is 2.42. The summed E-state index contributed by atoms with van der Waals surface area (Å²) in [5.41, 5.74) is 0.0281. The van der Waals surface area contributed by atoms with Crippen molar-refractivity contribution in [2.24, 2.45) is 0 Å². The molecule has 0 bridgehead atoms. The summed E-state index contributed by atoms with van der Waals surface area (Å²) in [6.45, 7) is -1.96. The van der Waals surface area contributed by atoms with Crippen LogP contribution in [0.1, 0.15) is 10.4 Å². The van der Waals surface area contributed by atoms with Crippen molar-refractivity contribution < 1.29 is 27.4 Å². The lowest BCUT2D eigenvalue weighted by atomic mass is 10.2. The Balaban J connectivity index is 3.03. The highest BCUT2D eigenvalue weighted by Gasteiger charge is 2.32. The van der Waals surface area contributed by atoms with E-state index in [4.69, 9.17) is 0 Å². The Morgan fingerprint density at radius 3 is 2.65 bits per heavy atom. The highest BCUT2D eigenvalue weighted by Crippen LogP contribution is 2.31. The quantitative estimate of drug-likeness (QED) is 0.801. The number of esters is 1. The number of halogens is 4. The van der Waals surface area contributed by atoms with E-state index in [1.165, 1.54) is 12.1 Å². The molecule has 0 aromatic heterocycles. The summed E-state index contributed by atoms with van der Waals surface area (Å²) in [7, 11) is 1.15. The summed E-state index contributed by atoms with van der Waals surface area (Å²) in [6, 6.07) is 3.73. The molecule has 0 saturated carbocycles. The lowest BCUT2D eigenvalue weighted by molar-refractivity contribution is -0.186. The molecule has 0 amide bonds. The first-order valence-corrected chi connectivity index (χ1v) is 5.19. The minimum Gasteiger partial charge on any atom is -0.465 e. The lowest BCUT2D eigenvalue weighted by Gasteiger charge is -2.16. The Morgan fingerprint density at radius 1 is 1.47 bits per heavy atom. The Kier molecular flexibility index (Phi) is 4.39. The Labute approximate surface area is 104 Å². The predicted molar refractivity (Wildman–Crippen MR) is 57.0 cm³/mol. The van der Waals surface area contributed by atoms with E-state index >= 15 is 0 Å². The Hall–Kier alpha value is -1.24. The fraction of sp³-hybridized carbons (Fsp3) is 0.300. The molecule has 0 N–H and O–H groups in total. The summed E-state index contributed by atoms with van der Waals surface area (Å²) in [5, 5.41) is 0. The van der Waals surface area contributed by atoms with Gasteiger partial charge in [-0.15, -0.1) is 0 Å². The molecule has 0 aliphatic carbocycles. The van der Waals surface area contributed by atoms with Crippen LogP contribution in [0.5, 0.6) is 5.75 Å². The van der Waals surface area contributed by atoms with E-state index in [-0.39, 0.29) is 15.8 Å². The number of carbonyl (C=O) groups is 1. The number of methoxy groups -OCH3 is 1. The van der Waals surface area contributed by atoms with Crippen molar-refractivity contribution in [3.63, 3.8) is 0 Å². The zero-order valence-corrected chi connectivity index (χ0v) is 10.3. The van der Waals surface area contributed by atoms with Crippen molar-refractivity contribution in [1.29, 1.82) is 0 Å². The molecule has 7 heteroatoms. The second kappa shape index (κ2) is 5.39. The predicted octanol–water partition coefficient (Wildman–Crippen LogP) is 3.18. The van der Waals surface area contributed by atoms with Gasteiger partial charge in [0.15, 0.2) is 6.67 Å². The van der Waals surface area contributed by atoms with Crippen LogP contribution in [0.3, 0.4) is 0 Å². The molecule has 17 heavy (non-hydrogen) atoms. The fourth-order valence-electron chi connectivity index (χ4n) is 1.01. The van der Waals surface area contributed by atoms with E-state index < -0.39 is 18.8 Å². The standard InChI is InChI=1S/C10H8BrF3O3/c1-16-9(15)6-2-3-7(11)8(4-6)17-10(13,14)5-12/h2-4H,5H2,1H3. The molecule has 0 aliphatic heterocycles. The Bertz CT molecular complexity index is 423. The van der Waals surface area contributed by atoms with Crippen molar-refractivity contribution >= 4 is 21.9 Å². The molecule has 0 atom stereocenters. The molecule has 94 valence electrons. The molecule has 1 rings (SSSR count). The van der Waals surface area contributed by atoms with Crippen molar-refractivity contribution in [2.75, 3.05) is 13.8 Å². The molecule has 0 fully saturated rings. The summed E-state index contributed by atoms with van der Waals surface area (Å²) >= 11 is 2.95. The largest absolute Gasteiger partial charge is 0.465 e. The summed E-state index contributed by atoms with van der Waals surface area (Å²) in [6.07, 6.45) is -3.93. The third kappa shape index (κ3) is 3.62. The maximum atomic E-state index is 12.7. The van der Waals surface area contributed by atoms with Crippen molar-refractivity contribution in [3.05, 3.63) is 28.2 Å². The average molecular weight is 313 g/mol. The van der Waals surface area contributed by atoms with Crippen LogP contribution in [0.15, 0.2) is 22.7 Å². The molecule has 0 heterocycles. The molecule has 1 aromatic carbocycles. The molecule has 0 aliphatic rings. The van der Waals surface area contributed by atoms with Gasteiger partial charge in [-0.05, 0) is 34.1 Å². The lowest BCUT2D eigenvalue weighted by Crippen LogP contribution is -2.27. The van der Waals surface area contributed by atoms with Gasteiger partial charge in [-0.25, -0.2) is 9.18 Å². The number of rotatable bonds is 4. The van der Waals surface area contributed by atoms with Gasteiger partial charge in [-0.3, -0.25) is 0 Å². The van der Waals surface area contributed by atoms with Crippen LogP contribution in [0.4, 0.5) is 13.2 Å². The van der Waals surface area contributed by atoms with Crippen LogP contribution >= 0.6 is 15.9 Å². The first-order chi connectivity index (χ1) is 7.89. The number of hydrogen-bond acceptors (Lipinski definition) is 3. The van der Waals surface area contributed by atoms with Gasteiger partial charge >= 0.3 is 12.1 Å². The van der Waals surface area contributed by atoms with Crippen molar-refractivity contribution in [2.45, 2.75) is 6.11 Å². The van der Waals surface area contributed by atoms with Gasteiger partial charge < -0.3 is 9.47 Å². The molecular weight excluding hydrogens is 305 g/mol. The summed E-state index contributed by atoms with van der Waals surface area (Å²) in [4.78, 5) is 11.2. The van der Waals surface area contributed by atoms with E-state index in [2.05, 4.69) is 25.4 Å². The fourth-order valence-corrected chi connectivity index (χ4v) is 1.34. The van der Waals surface area contributed by atoms with Gasteiger partial charge in [0.05, 0.1) is 17.1 Å². The minimum absolute atomic E-state index is 0.0281. The SMILES string of the molecule is COC(=O)c1ccc(Br)c(OC(F)(F)CF)c1. The van der Waals surface area contributed by atoms with Crippen LogP contribution in [-0.4, -0.2) is 25.9 Å². The van der Waals surface area contributed by atoms with Crippen LogP contribution in [0.2, 0.25) is 0 Å². The van der Waals surface area contributed by atoms with E-state index in [9.17, 15) is 18.0 Å². The van der Waals surface area contributed by atoms with E-state index in [0.29, 0.717) is 0 Å². The zero-order chi connectivity index (χ0) is 13.1. The highest BCUT2D eigenvalue weighted by atomic mass is 79.9. The maximum Gasteiger partial charge on any atom is 0.427 e. The average Bonchev–Trinajstić information content (AvgIpc) is 2.30. The second-order valence-corrected chi connectivity index (χ2v) is 3.86. The molecular formula is C10H8BrF3O3. The van der Waals surface area contributed by atoms with Gasteiger partial charge in [0.25, 0.3) is 0 Å². The number of carbonyl (C=O) groups excluding carboxylic acids is 1. The van der Waals surface area contributed by atoms with E-state index in [0.717, 1.165) is 13.2 Å². The number of alkyl halides is 3. The first kappa shape index (κ1) is 13.8. The van der Waals surface area contributed by atoms with Gasteiger partial charge in [0.2, 0.25) is 0 Å². The highest BCUT2D eigenvalue weighted by molar-refractivity contribution is 9.10. The molecule has 1 aromatic rings. The Morgan fingerprint density at radius 2 is 2.12 bits per heavy atom. The topological polar surface area (TPSA) is 35.5 Å². The molecule has 0 saturated heterocycles. The van der Waals surface area contributed by atoms with Crippen LogP contribution < -0.4 is 4.74 Å². The number of benzene rings is 1. The van der Waals surface area contributed by atoms with Crippen LogP contribution in [-0.2, 0) is 4.74 Å². The van der Waals surface area contributed by atoms with Gasteiger partial charge in [-0.2, -0.15) is 8.78 Å². The van der Waals surface area contributed by atoms with E-state index in [1.807, 2.05) is 0 Å². The number of ether oxygens (including phenoxy) is 2. The van der Waals surface area contributed by atoms with Crippen LogP contribution in [0, 0.1) is 0 Å². The van der Waals surface area contributed by atoms with Crippen molar-refractivity contribution in [3.8, 4) is 5.75 Å². The third-order valence-electron chi connectivity index (χ3n) is 1.77. The molecule has 3 nitrogen and oxygen atoms in total. The van der Waals surface area contributed by atoms with Gasteiger partial charge in [0.1, 0.15) is 5.75 Å². The van der Waals surface area contributed by atoms with Gasteiger partial charge in [-0.1, -0.05) is 0 Å². The normalized spacial score (nSPS) is 11.1. The van der Waals surface area contributed by atoms with Gasteiger partial charge in [0, 0.05) is 0 Å². The monoisotopic (exact) mass is 312 g/mol. The maximum absolute atomic E-state index is 12.7. The first-order valence-electron chi connectivity index (χ1n) is 4.40. The molecule has 0 radical (unpaired) electrons. The summed E-state index contributed by atoms with van der Waals surface area (Å²) < 4.78 is 46.1. The number of hydrogen-bond donors (Lipinski definition) is 0. The molecule has 0 spiro atoms. The van der Waals surface area contributed by atoms with Crippen molar-refractivity contribution in [1.82, 2.24) is 0 Å². The summed E-state index contributed by atoms with van der Waals surface area (Å²) in [5.74, 6) is -1.04. The smallest absolute Gasteiger partial charge is 0.427 e. The second-order valence-electron chi connectivity index (χ2n) is 3.01. The zero-order valence-electron chi connectivity index (χ0n) is 8.68. The van der Waals surface area contributed by atoms with Crippen LogP contribution in [0.25, 0.3) is 0 Å². The molecule has 0 unspecified atom stereocenters. The minimum atomic E-state index is -3.93. The van der Waals surface area contributed by atoms with E-state index in [1.54, 1.807) is 0 Å².